The van der Waals surface area contributed by atoms with Crippen LogP contribution in [0.1, 0.15) is 12.0 Å². The van der Waals surface area contributed by atoms with Crippen LogP contribution in [0.2, 0.25) is 0 Å². The van der Waals surface area contributed by atoms with Crippen LogP contribution >= 0.6 is 0 Å². The second kappa shape index (κ2) is 7.71. The highest BCUT2D eigenvalue weighted by atomic mass is 32.2. The number of carbonyl (C=O) groups excluding carboxylic acids is 1. The van der Waals surface area contributed by atoms with E-state index in [1.807, 2.05) is 0 Å². The summed E-state index contributed by atoms with van der Waals surface area (Å²) in [4.78, 5) is 12.0. The molecule has 2 rings (SSSR count). The van der Waals surface area contributed by atoms with Crippen LogP contribution in [0.25, 0.3) is 0 Å². The van der Waals surface area contributed by atoms with Crippen molar-refractivity contribution < 1.29 is 22.0 Å². The Kier molecular flexibility index (Phi) is 5.86. The molecule has 0 unspecified atom stereocenters. The Morgan fingerprint density at radius 3 is 2.12 bits per heavy atom. The lowest BCUT2D eigenvalue weighted by molar-refractivity contribution is -0.116. The van der Waals surface area contributed by atoms with Gasteiger partial charge in [0.2, 0.25) is 15.9 Å². The normalized spacial score (nSPS) is 11.6. The number of hydrogen-bond donors (Lipinski definition) is 1. The molecule has 0 saturated heterocycles. The number of aryl methyl sites for hydroxylation is 1. The third kappa shape index (κ3) is 4.61. The van der Waals surface area contributed by atoms with E-state index in [1.165, 1.54) is 32.3 Å². The quantitative estimate of drug-likeness (QED) is 0.853. The molecule has 1 N–H and O–H groups in total. The SMILES string of the molecule is CN(C)S(=O)(=O)c1ccc(CCC(=O)Nc2c(F)cccc2F)cc1. The van der Waals surface area contributed by atoms with E-state index in [0.29, 0.717) is 6.42 Å². The maximum Gasteiger partial charge on any atom is 0.242 e. The summed E-state index contributed by atoms with van der Waals surface area (Å²) in [5.41, 5.74) is 0.266. The van der Waals surface area contributed by atoms with E-state index in [2.05, 4.69) is 5.32 Å². The van der Waals surface area contributed by atoms with Crippen LogP contribution in [0.4, 0.5) is 14.5 Å². The van der Waals surface area contributed by atoms with Crippen molar-refractivity contribution in [1.82, 2.24) is 4.31 Å². The molecular weight excluding hydrogens is 350 g/mol. The third-order valence-corrected chi connectivity index (χ3v) is 5.40. The summed E-state index contributed by atoms with van der Waals surface area (Å²) in [5.74, 6) is -2.22. The number of para-hydroxylation sites is 1. The standard InChI is InChI=1S/C17H18F2N2O3S/c1-21(2)25(23,24)13-9-6-12(7-10-13)8-11-16(22)20-17-14(18)4-3-5-15(17)19/h3-7,9-10H,8,11H2,1-2H3,(H,20,22). The first-order valence-corrected chi connectivity index (χ1v) is 8.91. The largest absolute Gasteiger partial charge is 0.321 e. The Balaban J connectivity index is 1.99. The van der Waals surface area contributed by atoms with E-state index in [0.717, 1.165) is 22.0 Å². The molecule has 0 saturated carbocycles. The van der Waals surface area contributed by atoms with Gasteiger partial charge in [0.05, 0.1) is 4.90 Å². The van der Waals surface area contributed by atoms with Gasteiger partial charge < -0.3 is 5.32 Å². The minimum atomic E-state index is -3.50. The molecule has 0 spiro atoms. The minimum absolute atomic E-state index is 0.00749. The van der Waals surface area contributed by atoms with Gasteiger partial charge in [-0.2, -0.15) is 0 Å². The monoisotopic (exact) mass is 368 g/mol. The summed E-state index contributed by atoms with van der Waals surface area (Å²) < 4.78 is 52.0. The van der Waals surface area contributed by atoms with Crippen molar-refractivity contribution in [3.05, 3.63) is 59.7 Å². The van der Waals surface area contributed by atoms with Crippen molar-refractivity contribution in [2.75, 3.05) is 19.4 Å². The van der Waals surface area contributed by atoms with E-state index >= 15 is 0 Å². The van der Waals surface area contributed by atoms with Crippen LogP contribution in [0.3, 0.4) is 0 Å². The van der Waals surface area contributed by atoms with Crippen molar-refractivity contribution >= 4 is 21.6 Å². The summed E-state index contributed by atoms with van der Waals surface area (Å²) in [5, 5.41) is 2.21. The molecule has 0 aromatic heterocycles. The first-order valence-electron chi connectivity index (χ1n) is 7.47. The number of anilines is 1. The zero-order chi connectivity index (χ0) is 18.6. The zero-order valence-corrected chi connectivity index (χ0v) is 14.6. The van der Waals surface area contributed by atoms with Gasteiger partial charge in [-0.15, -0.1) is 0 Å². The van der Waals surface area contributed by atoms with Crippen molar-refractivity contribution in [1.29, 1.82) is 0 Å². The van der Waals surface area contributed by atoms with Crippen LogP contribution in [-0.4, -0.2) is 32.7 Å². The molecule has 0 bridgehead atoms. The van der Waals surface area contributed by atoms with Crippen molar-refractivity contribution in [3.63, 3.8) is 0 Å². The first kappa shape index (κ1) is 19.0. The topological polar surface area (TPSA) is 66.5 Å². The zero-order valence-electron chi connectivity index (χ0n) is 13.8. The third-order valence-electron chi connectivity index (χ3n) is 3.57. The molecule has 8 heteroatoms. The molecule has 0 atom stereocenters. The molecule has 0 aliphatic carbocycles. The Hall–Kier alpha value is -2.32. The number of sulfonamides is 1. The molecule has 0 radical (unpaired) electrons. The molecule has 1 amide bonds. The maximum absolute atomic E-state index is 13.5. The average molecular weight is 368 g/mol. The van der Waals surface area contributed by atoms with Gasteiger partial charge in [0.25, 0.3) is 0 Å². The number of nitrogens with zero attached hydrogens (tertiary/aromatic N) is 1. The molecular formula is C17H18F2N2O3S. The number of halogens is 2. The molecule has 0 aliphatic rings. The molecule has 134 valence electrons. The van der Waals surface area contributed by atoms with E-state index < -0.39 is 33.3 Å². The van der Waals surface area contributed by atoms with Crippen molar-refractivity contribution in [2.24, 2.45) is 0 Å². The van der Waals surface area contributed by atoms with Gasteiger partial charge >= 0.3 is 0 Å². The Morgan fingerprint density at radius 2 is 1.60 bits per heavy atom. The fourth-order valence-electron chi connectivity index (χ4n) is 2.12. The number of benzene rings is 2. The predicted octanol–water partition coefficient (Wildman–Crippen LogP) is 2.79. The van der Waals surface area contributed by atoms with Gasteiger partial charge in [-0.3, -0.25) is 4.79 Å². The fourth-order valence-corrected chi connectivity index (χ4v) is 3.02. The lowest BCUT2D eigenvalue weighted by atomic mass is 10.1. The van der Waals surface area contributed by atoms with Crippen LogP contribution < -0.4 is 5.32 Å². The van der Waals surface area contributed by atoms with Gasteiger partial charge in [0.15, 0.2) is 0 Å². The van der Waals surface area contributed by atoms with Crippen molar-refractivity contribution in [2.45, 2.75) is 17.7 Å². The van der Waals surface area contributed by atoms with Gasteiger partial charge in [-0.25, -0.2) is 21.5 Å². The van der Waals surface area contributed by atoms with E-state index in [4.69, 9.17) is 0 Å². The van der Waals surface area contributed by atoms with Gasteiger partial charge in [-0.05, 0) is 36.2 Å². The summed E-state index contributed by atoms with van der Waals surface area (Å²) in [6.07, 6.45) is 0.317. The molecule has 25 heavy (non-hydrogen) atoms. The first-order chi connectivity index (χ1) is 11.7. The average Bonchev–Trinajstić information content (AvgIpc) is 2.56. The summed E-state index contributed by atoms with van der Waals surface area (Å²) >= 11 is 0. The van der Waals surface area contributed by atoms with E-state index in [-0.39, 0.29) is 11.3 Å². The van der Waals surface area contributed by atoms with Crippen LogP contribution in [0.15, 0.2) is 47.4 Å². The molecule has 0 heterocycles. The highest BCUT2D eigenvalue weighted by Gasteiger charge is 2.17. The van der Waals surface area contributed by atoms with Gasteiger partial charge in [0, 0.05) is 20.5 Å². The number of amides is 1. The Morgan fingerprint density at radius 1 is 1.04 bits per heavy atom. The Bertz CT molecular complexity index is 846. The molecule has 2 aromatic rings. The second-order valence-corrected chi connectivity index (χ2v) is 7.73. The fraction of sp³-hybridized carbons (Fsp3) is 0.235. The predicted molar refractivity (Wildman–Crippen MR) is 90.6 cm³/mol. The highest BCUT2D eigenvalue weighted by molar-refractivity contribution is 7.89. The molecule has 2 aromatic carbocycles. The molecule has 5 nitrogen and oxygen atoms in total. The smallest absolute Gasteiger partial charge is 0.242 e. The number of nitrogens with one attached hydrogen (secondary N) is 1. The van der Waals surface area contributed by atoms with Crippen molar-refractivity contribution in [3.8, 4) is 0 Å². The highest BCUT2D eigenvalue weighted by Crippen LogP contribution is 2.19. The van der Waals surface area contributed by atoms with Crippen LogP contribution in [0.5, 0.6) is 0 Å². The van der Waals surface area contributed by atoms with Gasteiger partial charge in [0.1, 0.15) is 17.3 Å². The summed E-state index contributed by atoms with van der Waals surface area (Å²) in [6, 6.07) is 9.45. The van der Waals surface area contributed by atoms with Crippen LogP contribution in [-0.2, 0) is 21.2 Å². The van der Waals surface area contributed by atoms with E-state index in [9.17, 15) is 22.0 Å². The lowest BCUT2D eigenvalue weighted by Crippen LogP contribution is -2.22. The summed E-state index contributed by atoms with van der Waals surface area (Å²) in [7, 11) is -0.625. The summed E-state index contributed by atoms with van der Waals surface area (Å²) in [6.45, 7) is 0. The van der Waals surface area contributed by atoms with Gasteiger partial charge in [-0.1, -0.05) is 18.2 Å². The second-order valence-electron chi connectivity index (χ2n) is 5.58. The number of rotatable bonds is 6. The molecule has 0 aliphatic heterocycles. The lowest BCUT2D eigenvalue weighted by Gasteiger charge is -2.11. The number of hydrogen-bond acceptors (Lipinski definition) is 3. The maximum atomic E-state index is 13.5. The minimum Gasteiger partial charge on any atom is -0.321 e. The number of carbonyl (C=O) groups is 1. The molecule has 0 fully saturated rings. The van der Waals surface area contributed by atoms with Crippen LogP contribution in [0, 0.1) is 11.6 Å². The van der Waals surface area contributed by atoms with E-state index in [1.54, 1.807) is 12.1 Å². The Labute approximate surface area is 145 Å².